The highest BCUT2D eigenvalue weighted by molar-refractivity contribution is 5.84. The Labute approximate surface area is 122 Å². The summed E-state index contributed by atoms with van der Waals surface area (Å²) < 4.78 is 5.28. The van der Waals surface area contributed by atoms with Crippen molar-refractivity contribution in [2.24, 2.45) is 5.41 Å². The smallest absolute Gasteiger partial charge is 0.229 e. The van der Waals surface area contributed by atoms with Gasteiger partial charge in [0.2, 0.25) is 5.91 Å². The van der Waals surface area contributed by atoms with E-state index in [1.54, 1.807) is 7.11 Å². The minimum Gasteiger partial charge on any atom is -0.385 e. The van der Waals surface area contributed by atoms with Crippen molar-refractivity contribution in [3.63, 3.8) is 0 Å². The maximum atomic E-state index is 13.3. The van der Waals surface area contributed by atoms with Gasteiger partial charge in [-0.1, -0.05) is 12.8 Å². The van der Waals surface area contributed by atoms with Crippen molar-refractivity contribution >= 4 is 5.91 Å². The standard InChI is InChI=1S/C16H28N2O2/c1-20-11-9-16(7-2-3-8-16)15(19)18-13-4-5-14(18)12-17-10-6-13/h13-14,17H,2-12H2,1H3. The Morgan fingerprint density at radius 3 is 2.75 bits per heavy atom. The van der Waals surface area contributed by atoms with E-state index in [9.17, 15) is 4.79 Å². The molecular formula is C16H28N2O2. The third-order valence-electron chi connectivity index (χ3n) is 5.69. The predicted molar refractivity (Wildman–Crippen MR) is 78.5 cm³/mol. The Balaban J connectivity index is 1.78. The maximum absolute atomic E-state index is 13.3. The van der Waals surface area contributed by atoms with Crippen LogP contribution in [0.25, 0.3) is 0 Å². The molecule has 2 atom stereocenters. The number of hydrogen-bond donors (Lipinski definition) is 1. The average molecular weight is 280 g/mol. The van der Waals surface area contributed by atoms with E-state index in [-0.39, 0.29) is 5.41 Å². The molecule has 2 saturated heterocycles. The molecule has 114 valence electrons. The summed E-state index contributed by atoms with van der Waals surface area (Å²) in [6, 6.07) is 0.928. The summed E-state index contributed by atoms with van der Waals surface area (Å²) in [4.78, 5) is 15.6. The van der Waals surface area contributed by atoms with E-state index in [0.29, 0.717) is 24.6 Å². The number of rotatable bonds is 4. The zero-order chi connectivity index (χ0) is 14.0. The third kappa shape index (κ3) is 2.48. The molecule has 1 saturated carbocycles. The first-order valence-electron chi connectivity index (χ1n) is 8.29. The van der Waals surface area contributed by atoms with Crippen LogP contribution in [0.4, 0.5) is 0 Å². The van der Waals surface area contributed by atoms with E-state index in [1.807, 2.05) is 0 Å². The number of amides is 1. The first-order valence-corrected chi connectivity index (χ1v) is 8.29. The molecule has 3 aliphatic rings. The molecule has 2 aliphatic heterocycles. The van der Waals surface area contributed by atoms with Crippen LogP contribution < -0.4 is 5.32 Å². The molecule has 0 radical (unpaired) electrons. The zero-order valence-corrected chi connectivity index (χ0v) is 12.7. The van der Waals surface area contributed by atoms with E-state index >= 15 is 0 Å². The minimum atomic E-state index is -0.110. The van der Waals surface area contributed by atoms with Gasteiger partial charge in [-0.2, -0.15) is 0 Å². The molecule has 3 fully saturated rings. The summed E-state index contributed by atoms with van der Waals surface area (Å²) in [6.45, 7) is 2.77. The summed E-state index contributed by atoms with van der Waals surface area (Å²) >= 11 is 0. The van der Waals surface area contributed by atoms with E-state index in [0.717, 1.165) is 38.8 Å². The highest BCUT2D eigenvalue weighted by atomic mass is 16.5. The van der Waals surface area contributed by atoms with Crippen molar-refractivity contribution < 1.29 is 9.53 Å². The molecule has 4 nitrogen and oxygen atoms in total. The number of fused-ring (bicyclic) bond motifs is 2. The van der Waals surface area contributed by atoms with Crippen LogP contribution in [0.5, 0.6) is 0 Å². The van der Waals surface area contributed by atoms with E-state index < -0.39 is 0 Å². The van der Waals surface area contributed by atoms with Crippen LogP contribution >= 0.6 is 0 Å². The second-order valence-corrected chi connectivity index (χ2v) is 6.82. The molecule has 3 rings (SSSR count). The fourth-order valence-electron chi connectivity index (χ4n) is 4.51. The number of nitrogens with zero attached hydrogens (tertiary/aromatic N) is 1. The predicted octanol–water partition coefficient (Wildman–Crippen LogP) is 1.94. The molecule has 0 spiro atoms. The Hall–Kier alpha value is -0.610. The third-order valence-corrected chi connectivity index (χ3v) is 5.69. The lowest BCUT2D eigenvalue weighted by Crippen LogP contribution is -2.49. The van der Waals surface area contributed by atoms with Gasteiger partial charge in [0.05, 0.1) is 5.41 Å². The summed E-state index contributed by atoms with van der Waals surface area (Å²) in [7, 11) is 1.74. The monoisotopic (exact) mass is 280 g/mol. The van der Waals surface area contributed by atoms with Crippen molar-refractivity contribution in [1.82, 2.24) is 10.2 Å². The lowest BCUT2D eigenvalue weighted by Gasteiger charge is -2.37. The van der Waals surface area contributed by atoms with E-state index in [1.165, 1.54) is 25.7 Å². The molecule has 0 aromatic carbocycles. The summed E-state index contributed by atoms with van der Waals surface area (Å²) in [5.41, 5.74) is -0.110. The number of nitrogens with one attached hydrogen (secondary N) is 1. The van der Waals surface area contributed by atoms with Crippen molar-refractivity contribution in [1.29, 1.82) is 0 Å². The Kier molecular flexibility index (Phi) is 4.32. The molecular weight excluding hydrogens is 252 g/mol. The van der Waals surface area contributed by atoms with Gasteiger partial charge in [0.15, 0.2) is 0 Å². The van der Waals surface area contributed by atoms with Crippen molar-refractivity contribution in [3.05, 3.63) is 0 Å². The lowest BCUT2D eigenvalue weighted by molar-refractivity contribution is -0.146. The lowest BCUT2D eigenvalue weighted by atomic mass is 9.81. The van der Waals surface area contributed by atoms with Crippen LogP contribution in [0.15, 0.2) is 0 Å². The summed E-state index contributed by atoms with van der Waals surface area (Å²) in [5.74, 6) is 0.447. The number of ether oxygens (including phenoxy) is 1. The van der Waals surface area contributed by atoms with Gasteiger partial charge in [-0.15, -0.1) is 0 Å². The quantitative estimate of drug-likeness (QED) is 0.855. The second kappa shape index (κ2) is 6.02. The van der Waals surface area contributed by atoms with Gasteiger partial charge in [0.25, 0.3) is 0 Å². The minimum absolute atomic E-state index is 0.110. The molecule has 2 bridgehead atoms. The molecule has 0 aromatic heterocycles. The first kappa shape index (κ1) is 14.3. The van der Waals surface area contributed by atoms with Crippen molar-refractivity contribution in [2.45, 2.75) is 63.5 Å². The molecule has 1 aliphatic carbocycles. The van der Waals surface area contributed by atoms with Gasteiger partial charge in [0.1, 0.15) is 0 Å². The summed E-state index contributed by atoms with van der Waals surface area (Å²) in [5, 5.41) is 3.49. The Morgan fingerprint density at radius 1 is 1.25 bits per heavy atom. The van der Waals surface area contributed by atoms with Crippen molar-refractivity contribution in [3.8, 4) is 0 Å². The Morgan fingerprint density at radius 2 is 2.00 bits per heavy atom. The Bertz CT molecular complexity index is 338. The first-order chi connectivity index (χ1) is 9.77. The van der Waals surface area contributed by atoms with E-state index in [4.69, 9.17) is 4.74 Å². The molecule has 2 unspecified atom stereocenters. The fraction of sp³-hybridized carbons (Fsp3) is 0.938. The fourth-order valence-corrected chi connectivity index (χ4v) is 4.51. The van der Waals surface area contributed by atoms with Crippen LogP contribution in [0.1, 0.15) is 51.4 Å². The molecule has 1 amide bonds. The average Bonchev–Trinajstić information content (AvgIpc) is 3.00. The van der Waals surface area contributed by atoms with E-state index in [2.05, 4.69) is 10.2 Å². The SMILES string of the molecule is COCCC1(C(=O)N2C3CCNCC2CC3)CCCC1. The van der Waals surface area contributed by atoms with Crippen molar-refractivity contribution in [2.75, 3.05) is 26.8 Å². The van der Waals surface area contributed by atoms with Crippen LogP contribution in [-0.4, -0.2) is 49.7 Å². The van der Waals surface area contributed by atoms with Gasteiger partial charge < -0.3 is 15.0 Å². The molecule has 0 aromatic rings. The molecule has 4 heteroatoms. The highest BCUT2D eigenvalue weighted by Gasteiger charge is 2.48. The topological polar surface area (TPSA) is 41.6 Å². The van der Waals surface area contributed by atoms with Gasteiger partial charge in [-0.3, -0.25) is 4.79 Å². The largest absolute Gasteiger partial charge is 0.385 e. The van der Waals surface area contributed by atoms with Crippen LogP contribution in [0, 0.1) is 5.41 Å². The highest BCUT2D eigenvalue weighted by Crippen LogP contribution is 2.45. The number of carbonyl (C=O) groups excluding carboxylic acids is 1. The molecule has 1 N–H and O–H groups in total. The van der Waals surface area contributed by atoms with Gasteiger partial charge >= 0.3 is 0 Å². The normalized spacial score (nSPS) is 32.4. The number of methoxy groups -OCH3 is 1. The van der Waals surface area contributed by atoms with Crippen LogP contribution in [0.2, 0.25) is 0 Å². The molecule has 20 heavy (non-hydrogen) atoms. The summed E-state index contributed by atoms with van der Waals surface area (Å²) in [6.07, 6.45) is 8.97. The van der Waals surface area contributed by atoms with Gasteiger partial charge in [0, 0.05) is 32.3 Å². The number of hydrogen-bond acceptors (Lipinski definition) is 3. The number of carbonyl (C=O) groups is 1. The van der Waals surface area contributed by atoms with Gasteiger partial charge in [-0.25, -0.2) is 0 Å². The second-order valence-electron chi connectivity index (χ2n) is 6.82. The zero-order valence-electron chi connectivity index (χ0n) is 12.7. The van der Waals surface area contributed by atoms with Gasteiger partial charge in [-0.05, 0) is 45.1 Å². The van der Waals surface area contributed by atoms with Crippen LogP contribution in [-0.2, 0) is 9.53 Å². The molecule has 2 heterocycles. The maximum Gasteiger partial charge on any atom is 0.229 e. The van der Waals surface area contributed by atoms with Crippen LogP contribution in [0.3, 0.4) is 0 Å².